The molecule has 0 amide bonds. The van der Waals surface area contributed by atoms with E-state index in [1.165, 1.54) is 0 Å². The lowest BCUT2D eigenvalue weighted by molar-refractivity contribution is 0.0989. The number of Topliss-reactive ketones (excluding diaryl/α,β-unsaturated/α-hetero) is 1. The zero-order chi connectivity index (χ0) is 10.6. The first kappa shape index (κ1) is 12.3. The van der Waals surface area contributed by atoms with Crippen molar-refractivity contribution in [2.45, 2.75) is 16.6 Å². The molecule has 0 fully saturated rings. The van der Waals surface area contributed by atoms with E-state index in [9.17, 15) is 4.79 Å². The lowest BCUT2D eigenvalue weighted by Crippen LogP contribution is -2.03. The number of halogens is 2. The van der Waals surface area contributed by atoms with Crippen molar-refractivity contribution < 1.29 is 4.79 Å². The minimum atomic E-state index is 0.159. The van der Waals surface area contributed by atoms with E-state index in [1.807, 2.05) is 18.2 Å². The van der Waals surface area contributed by atoms with Crippen LogP contribution in [0.3, 0.4) is 0 Å². The quantitative estimate of drug-likeness (QED) is 0.502. The van der Waals surface area contributed by atoms with Gasteiger partial charge in [-0.3, -0.25) is 4.79 Å². The van der Waals surface area contributed by atoms with Gasteiger partial charge in [0.2, 0.25) is 0 Å². The maximum absolute atomic E-state index is 11.7. The zero-order valence-corrected chi connectivity index (χ0v) is 11.5. The fraction of sp³-hybridized carbons (Fsp3) is 0.300. The molecule has 76 valence electrons. The van der Waals surface area contributed by atoms with Gasteiger partial charge >= 0.3 is 0 Å². The van der Waals surface area contributed by atoms with Gasteiger partial charge < -0.3 is 0 Å². The molecular weight excluding hydrogens is 328 g/mol. The van der Waals surface area contributed by atoms with Gasteiger partial charge in [0.15, 0.2) is 5.78 Å². The second kappa shape index (κ2) is 5.93. The molecule has 0 saturated carbocycles. The lowest BCUT2D eigenvalue weighted by atomic mass is 10.0. The summed E-state index contributed by atoms with van der Waals surface area (Å²) in [5.74, 6) is 0.159. The highest BCUT2D eigenvalue weighted by Crippen LogP contribution is 2.19. The first-order valence-electron chi connectivity index (χ1n) is 4.16. The molecule has 0 atom stereocenters. The number of hydrogen-bond donors (Lipinski definition) is 1. The fourth-order valence-electron chi connectivity index (χ4n) is 1.16. The number of benzene rings is 1. The number of ketones is 1. The zero-order valence-electron chi connectivity index (χ0n) is 7.46. The Labute approximate surface area is 106 Å². The minimum absolute atomic E-state index is 0.159. The van der Waals surface area contributed by atoms with Gasteiger partial charge in [0, 0.05) is 27.5 Å². The second-order valence-electron chi connectivity index (χ2n) is 2.84. The Kier molecular flexibility index (Phi) is 5.20. The molecule has 0 N–H and O–H groups in total. The SMILES string of the molecule is O=C(CCBr)c1cc(S)ccc1CBr. The predicted molar refractivity (Wildman–Crippen MR) is 69.1 cm³/mol. The Bertz CT molecular complexity index is 339. The van der Waals surface area contributed by atoms with Crippen molar-refractivity contribution in [3.05, 3.63) is 29.3 Å². The van der Waals surface area contributed by atoms with Gasteiger partial charge in [-0.05, 0) is 17.7 Å². The summed E-state index contributed by atoms with van der Waals surface area (Å²) in [5, 5.41) is 1.40. The molecule has 1 aromatic rings. The van der Waals surface area contributed by atoms with Gasteiger partial charge in [0.1, 0.15) is 0 Å². The van der Waals surface area contributed by atoms with Crippen molar-refractivity contribution in [1.82, 2.24) is 0 Å². The van der Waals surface area contributed by atoms with Gasteiger partial charge in [0.05, 0.1) is 0 Å². The van der Waals surface area contributed by atoms with E-state index < -0.39 is 0 Å². The van der Waals surface area contributed by atoms with Crippen LogP contribution in [0, 0.1) is 0 Å². The summed E-state index contributed by atoms with van der Waals surface area (Å²) in [7, 11) is 0. The van der Waals surface area contributed by atoms with Gasteiger partial charge in [-0.1, -0.05) is 37.9 Å². The van der Waals surface area contributed by atoms with Crippen molar-refractivity contribution in [3.8, 4) is 0 Å². The van der Waals surface area contributed by atoms with Crippen LogP contribution in [0.1, 0.15) is 22.3 Å². The van der Waals surface area contributed by atoms with Crippen LogP contribution >= 0.6 is 44.5 Å². The molecule has 1 nitrogen and oxygen atoms in total. The van der Waals surface area contributed by atoms with Gasteiger partial charge in [-0.25, -0.2) is 0 Å². The topological polar surface area (TPSA) is 17.1 Å². The van der Waals surface area contributed by atoms with Crippen molar-refractivity contribution in [2.24, 2.45) is 0 Å². The van der Waals surface area contributed by atoms with Crippen molar-refractivity contribution in [3.63, 3.8) is 0 Å². The average Bonchev–Trinajstić information content (AvgIpc) is 2.18. The molecule has 14 heavy (non-hydrogen) atoms. The standard InChI is InChI=1S/C10H10Br2OS/c11-4-3-10(13)9-5-8(14)2-1-7(9)6-12/h1-2,5,14H,3-4,6H2. The Morgan fingerprint density at radius 1 is 1.36 bits per heavy atom. The second-order valence-corrected chi connectivity index (χ2v) is 4.71. The van der Waals surface area contributed by atoms with E-state index in [2.05, 4.69) is 44.5 Å². The van der Waals surface area contributed by atoms with Crippen LogP contribution in [0.2, 0.25) is 0 Å². The summed E-state index contributed by atoms with van der Waals surface area (Å²) in [6.45, 7) is 0. The molecule has 0 aliphatic carbocycles. The normalized spacial score (nSPS) is 10.2. The van der Waals surface area contributed by atoms with Crippen LogP contribution in [0.15, 0.2) is 23.1 Å². The molecular formula is C10H10Br2OS. The summed E-state index contributed by atoms with van der Waals surface area (Å²) >= 11 is 10.8. The Morgan fingerprint density at radius 2 is 2.07 bits per heavy atom. The monoisotopic (exact) mass is 336 g/mol. The van der Waals surface area contributed by atoms with Gasteiger partial charge in [-0.15, -0.1) is 12.6 Å². The summed E-state index contributed by atoms with van der Waals surface area (Å²) in [6.07, 6.45) is 0.525. The first-order valence-corrected chi connectivity index (χ1v) is 6.85. The molecule has 1 aromatic carbocycles. The van der Waals surface area contributed by atoms with E-state index in [1.54, 1.807) is 0 Å². The molecule has 0 spiro atoms. The number of carbonyl (C=O) groups excluding carboxylic acids is 1. The van der Waals surface area contributed by atoms with Crippen LogP contribution in [0.25, 0.3) is 0 Å². The van der Waals surface area contributed by atoms with Crippen LogP contribution in [-0.4, -0.2) is 11.1 Å². The van der Waals surface area contributed by atoms with E-state index in [-0.39, 0.29) is 5.78 Å². The Balaban J connectivity index is 3.03. The predicted octanol–water partition coefficient (Wildman–Crippen LogP) is 3.84. The maximum atomic E-state index is 11.7. The summed E-state index contributed by atoms with van der Waals surface area (Å²) in [4.78, 5) is 12.5. The molecule has 0 aromatic heterocycles. The molecule has 4 heteroatoms. The third kappa shape index (κ3) is 3.11. The number of carbonyl (C=O) groups is 1. The molecule has 0 radical (unpaired) electrons. The summed E-state index contributed by atoms with van der Waals surface area (Å²) in [6, 6.07) is 5.65. The van der Waals surface area contributed by atoms with Crippen LogP contribution in [0.5, 0.6) is 0 Å². The molecule has 0 aliphatic heterocycles. The van der Waals surface area contributed by atoms with Crippen LogP contribution in [-0.2, 0) is 5.33 Å². The highest BCUT2D eigenvalue weighted by Gasteiger charge is 2.10. The average molecular weight is 338 g/mol. The summed E-state index contributed by atoms with van der Waals surface area (Å²) in [5.41, 5.74) is 1.79. The molecule has 0 heterocycles. The molecule has 1 rings (SSSR count). The number of thiol groups is 1. The fourth-order valence-corrected chi connectivity index (χ4v) is 2.21. The molecule has 0 saturated heterocycles. The van der Waals surface area contributed by atoms with Crippen molar-refractivity contribution in [1.29, 1.82) is 0 Å². The lowest BCUT2D eigenvalue weighted by Gasteiger charge is -2.06. The van der Waals surface area contributed by atoms with Gasteiger partial charge in [-0.2, -0.15) is 0 Å². The minimum Gasteiger partial charge on any atom is -0.294 e. The van der Waals surface area contributed by atoms with Gasteiger partial charge in [0.25, 0.3) is 0 Å². The number of rotatable bonds is 4. The van der Waals surface area contributed by atoms with E-state index in [0.717, 1.165) is 16.0 Å². The smallest absolute Gasteiger partial charge is 0.164 e. The van der Waals surface area contributed by atoms with E-state index in [4.69, 9.17) is 0 Å². The third-order valence-electron chi connectivity index (χ3n) is 1.86. The highest BCUT2D eigenvalue weighted by molar-refractivity contribution is 9.09. The van der Waals surface area contributed by atoms with Crippen LogP contribution < -0.4 is 0 Å². The number of hydrogen-bond acceptors (Lipinski definition) is 2. The van der Waals surface area contributed by atoms with E-state index >= 15 is 0 Å². The summed E-state index contributed by atoms with van der Waals surface area (Å²) < 4.78 is 0. The maximum Gasteiger partial charge on any atom is 0.164 e. The van der Waals surface area contributed by atoms with Crippen molar-refractivity contribution >= 4 is 50.3 Å². The first-order chi connectivity index (χ1) is 6.69. The van der Waals surface area contributed by atoms with E-state index in [0.29, 0.717) is 17.1 Å². The third-order valence-corrected chi connectivity index (χ3v) is 3.14. The molecule has 0 unspecified atom stereocenters. The largest absolute Gasteiger partial charge is 0.294 e. The molecule has 0 bridgehead atoms. The Hall–Kier alpha value is 0.200. The number of alkyl halides is 2. The molecule has 0 aliphatic rings. The Morgan fingerprint density at radius 3 is 2.64 bits per heavy atom. The van der Waals surface area contributed by atoms with Crippen LogP contribution in [0.4, 0.5) is 0 Å². The van der Waals surface area contributed by atoms with Crippen molar-refractivity contribution in [2.75, 3.05) is 5.33 Å². The highest BCUT2D eigenvalue weighted by atomic mass is 79.9.